The fourth-order valence-corrected chi connectivity index (χ4v) is 3.77. The van der Waals surface area contributed by atoms with Crippen LogP contribution < -0.4 is 4.90 Å². The van der Waals surface area contributed by atoms with Gasteiger partial charge in [-0.2, -0.15) is 0 Å². The average molecular weight is 372 g/mol. The summed E-state index contributed by atoms with van der Waals surface area (Å²) in [6.45, 7) is 2.85. The third-order valence-corrected chi connectivity index (χ3v) is 5.28. The van der Waals surface area contributed by atoms with Crippen molar-refractivity contribution >= 4 is 17.4 Å². The van der Waals surface area contributed by atoms with Crippen molar-refractivity contribution in [3.05, 3.63) is 83.8 Å². The molecule has 142 valence electrons. The second-order valence-corrected chi connectivity index (χ2v) is 7.29. The molecule has 0 fully saturated rings. The number of fused-ring (bicyclic) bond motifs is 1. The van der Waals surface area contributed by atoms with Crippen molar-refractivity contribution in [1.82, 2.24) is 14.9 Å². The lowest BCUT2D eigenvalue weighted by Gasteiger charge is -2.24. The number of pyridine rings is 2. The molecule has 3 heterocycles. The Morgan fingerprint density at radius 1 is 1.14 bits per heavy atom. The number of hydrogen-bond donors (Lipinski definition) is 0. The Hall–Kier alpha value is -3.21. The minimum Gasteiger partial charge on any atom is -0.341 e. The molecule has 0 saturated heterocycles. The van der Waals surface area contributed by atoms with E-state index in [0.717, 1.165) is 18.7 Å². The Kier molecular flexibility index (Phi) is 5.06. The summed E-state index contributed by atoms with van der Waals surface area (Å²) in [5, 5.41) is 0. The molecule has 4 rings (SSSR count). The molecule has 0 N–H and O–H groups in total. The fourth-order valence-electron chi connectivity index (χ4n) is 3.77. The minimum atomic E-state index is 0.0119. The highest BCUT2D eigenvalue weighted by Gasteiger charge is 2.28. The number of benzene rings is 1. The summed E-state index contributed by atoms with van der Waals surface area (Å²) >= 11 is 0. The number of nitrogens with zero attached hydrogens (tertiary/aromatic N) is 4. The van der Waals surface area contributed by atoms with Crippen LogP contribution >= 0.6 is 0 Å². The van der Waals surface area contributed by atoms with Crippen molar-refractivity contribution in [2.75, 3.05) is 18.5 Å². The molecule has 3 aromatic rings. The number of amides is 1. The van der Waals surface area contributed by atoms with E-state index in [-0.39, 0.29) is 5.91 Å². The Morgan fingerprint density at radius 2 is 1.93 bits per heavy atom. The minimum absolute atomic E-state index is 0.0119. The number of carbonyl (C=O) groups excluding carboxylic acids is 1. The van der Waals surface area contributed by atoms with Gasteiger partial charge in [-0.3, -0.25) is 9.78 Å². The standard InChI is InChI=1S/C23H24N4O/c1-17-15-19-5-3-4-6-21(19)27(17)22-16-20(9-13-25-22)23(28)26(2)14-10-18-7-11-24-12-8-18/h3-9,11-13,16-17H,10,14-15H2,1-2H3. The Morgan fingerprint density at radius 3 is 2.75 bits per heavy atom. The third-order valence-electron chi connectivity index (χ3n) is 5.28. The maximum absolute atomic E-state index is 12.9. The van der Waals surface area contributed by atoms with E-state index < -0.39 is 0 Å². The SMILES string of the molecule is CC1Cc2ccccc2N1c1cc(C(=O)N(C)CCc2ccncc2)ccn1. The molecular formula is C23H24N4O. The number of anilines is 2. The molecule has 0 saturated carbocycles. The van der Waals surface area contributed by atoms with Gasteiger partial charge in [-0.15, -0.1) is 0 Å². The van der Waals surface area contributed by atoms with Gasteiger partial charge in [0.15, 0.2) is 0 Å². The van der Waals surface area contributed by atoms with Crippen LogP contribution in [-0.2, 0) is 12.8 Å². The van der Waals surface area contributed by atoms with Gasteiger partial charge in [0.25, 0.3) is 5.91 Å². The topological polar surface area (TPSA) is 49.3 Å². The first-order valence-electron chi connectivity index (χ1n) is 9.61. The first-order valence-corrected chi connectivity index (χ1v) is 9.61. The van der Waals surface area contributed by atoms with Crippen molar-refractivity contribution in [2.45, 2.75) is 25.8 Å². The summed E-state index contributed by atoms with van der Waals surface area (Å²) in [6.07, 6.45) is 7.08. The normalized spacial score (nSPS) is 15.4. The number of para-hydroxylation sites is 1. The predicted molar refractivity (Wildman–Crippen MR) is 111 cm³/mol. The van der Waals surface area contributed by atoms with Crippen molar-refractivity contribution in [2.24, 2.45) is 0 Å². The molecule has 1 aliphatic rings. The molecule has 0 radical (unpaired) electrons. The van der Waals surface area contributed by atoms with E-state index in [1.54, 1.807) is 29.6 Å². The number of likely N-dealkylation sites (N-methyl/N-ethyl adjacent to an activating group) is 1. The smallest absolute Gasteiger partial charge is 0.253 e. The van der Waals surface area contributed by atoms with Crippen molar-refractivity contribution < 1.29 is 4.79 Å². The highest BCUT2D eigenvalue weighted by Crippen LogP contribution is 2.37. The van der Waals surface area contributed by atoms with Gasteiger partial charge in [0.05, 0.1) is 0 Å². The second kappa shape index (κ2) is 7.80. The molecule has 5 heteroatoms. The van der Waals surface area contributed by atoms with E-state index in [4.69, 9.17) is 0 Å². The molecule has 1 unspecified atom stereocenters. The fraction of sp³-hybridized carbons (Fsp3) is 0.261. The predicted octanol–water partition coefficient (Wildman–Crippen LogP) is 3.87. The number of hydrogen-bond acceptors (Lipinski definition) is 4. The van der Waals surface area contributed by atoms with Crippen LogP contribution in [-0.4, -0.2) is 40.4 Å². The summed E-state index contributed by atoms with van der Waals surface area (Å²) in [5.74, 6) is 0.837. The molecule has 1 amide bonds. The maximum Gasteiger partial charge on any atom is 0.253 e. The summed E-state index contributed by atoms with van der Waals surface area (Å²) in [5.41, 5.74) is 4.34. The third kappa shape index (κ3) is 3.60. The maximum atomic E-state index is 12.9. The molecule has 0 spiro atoms. The lowest BCUT2D eigenvalue weighted by Crippen LogP contribution is -2.29. The van der Waals surface area contributed by atoms with Gasteiger partial charge in [-0.05, 0) is 61.2 Å². The van der Waals surface area contributed by atoms with Gasteiger partial charge < -0.3 is 9.80 Å². The second-order valence-electron chi connectivity index (χ2n) is 7.29. The van der Waals surface area contributed by atoms with Crippen LogP contribution in [0.4, 0.5) is 11.5 Å². The Labute approximate surface area is 165 Å². The lowest BCUT2D eigenvalue weighted by molar-refractivity contribution is 0.0796. The molecule has 28 heavy (non-hydrogen) atoms. The molecule has 0 aliphatic carbocycles. The number of aromatic nitrogens is 2. The molecule has 2 aromatic heterocycles. The quantitative estimate of drug-likeness (QED) is 0.682. The molecule has 1 aliphatic heterocycles. The summed E-state index contributed by atoms with van der Waals surface area (Å²) in [7, 11) is 1.84. The van der Waals surface area contributed by atoms with Crippen molar-refractivity contribution in [1.29, 1.82) is 0 Å². The van der Waals surface area contributed by atoms with Crippen LogP contribution in [0.2, 0.25) is 0 Å². The van der Waals surface area contributed by atoms with Crippen molar-refractivity contribution in [3.63, 3.8) is 0 Å². The largest absolute Gasteiger partial charge is 0.341 e. The van der Waals surface area contributed by atoms with E-state index in [1.807, 2.05) is 31.3 Å². The first-order chi connectivity index (χ1) is 13.6. The van der Waals surface area contributed by atoms with E-state index in [0.29, 0.717) is 18.2 Å². The molecule has 1 aromatic carbocycles. The van der Waals surface area contributed by atoms with Crippen LogP contribution in [0.15, 0.2) is 67.1 Å². The van der Waals surface area contributed by atoms with Gasteiger partial charge in [-0.25, -0.2) is 4.98 Å². The number of rotatable bonds is 5. The van der Waals surface area contributed by atoms with Gasteiger partial charge >= 0.3 is 0 Å². The lowest BCUT2D eigenvalue weighted by atomic mass is 10.1. The zero-order valence-electron chi connectivity index (χ0n) is 16.2. The van der Waals surface area contributed by atoms with Crippen LogP contribution in [0.5, 0.6) is 0 Å². The van der Waals surface area contributed by atoms with Crippen LogP contribution in [0, 0.1) is 0 Å². The molecule has 0 bridgehead atoms. The highest BCUT2D eigenvalue weighted by molar-refractivity contribution is 5.95. The molecule has 1 atom stereocenters. The van der Waals surface area contributed by atoms with E-state index >= 15 is 0 Å². The Balaban J connectivity index is 1.51. The summed E-state index contributed by atoms with van der Waals surface area (Å²) < 4.78 is 0. The monoisotopic (exact) mass is 372 g/mol. The van der Waals surface area contributed by atoms with Crippen LogP contribution in [0.3, 0.4) is 0 Å². The van der Waals surface area contributed by atoms with Crippen LogP contribution in [0.1, 0.15) is 28.4 Å². The highest BCUT2D eigenvalue weighted by atomic mass is 16.2. The van der Waals surface area contributed by atoms with E-state index in [9.17, 15) is 4.79 Å². The zero-order chi connectivity index (χ0) is 19.5. The average Bonchev–Trinajstić information content (AvgIpc) is 3.08. The summed E-state index contributed by atoms with van der Waals surface area (Å²) in [6, 6.07) is 16.4. The number of carbonyl (C=O) groups is 1. The van der Waals surface area contributed by atoms with Gasteiger partial charge in [0.2, 0.25) is 0 Å². The zero-order valence-corrected chi connectivity index (χ0v) is 16.2. The van der Waals surface area contributed by atoms with E-state index in [1.165, 1.54) is 16.8 Å². The molecular weight excluding hydrogens is 348 g/mol. The first kappa shape index (κ1) is 18.2. The summed E-state index contributed by atoms with van der Waals surface area (Å²) in [4.78, 5) is 25.5. The van der Waals surface area contributed by atoms with Gasteiger partial charge in [0.1, 0.15) is 5.82 Å². The van der Waals surface area contributed by atoms with Gasteiger partial charge in [-0.1, -0.05) is 18.2 Å². The van der Waals surface area contributed by atoms with E-state index in [2.05, 4.69) is 40.0 Å². The molecule has 5 nitrogen and oxygen atoms in total. The Bertz CT molecular complexity index is 973. The van der Waals surface area contributed by atoms with Crippen LogP contribution in [0.25, 0.3) is 0 Å². The van der Waals surface area contributed by atoms with Crippen molar-refractivity contribution in [3.8, 4) is 0 Å². The van der Waals surface area contributed by atoms with Gasteiger partial charge in [0, 0.05) is 49.5 Å².